The molecule has 1 saturated heterocycles. The van der Waals surface area contributed by atoms with E-state index in [0.29, 0.717) is 5.75 Å². The summed E-state index contributed by atoms with van der Waals surface area (Å²) in [6.45, 7) is 0. The SMILES string of the molecule is COC(=O)C1=C(Cl)CSC2C(NC(=O)Cc3ccccc3)C(=O)N12. The van der Waals surface area contributed by atoms with Crippen LogP contribution < -0.4 is 5.32 Å². The smallest absolute Gasteiger partial charge is 0.356 e. The molecule has 2 unspecified atom stereocenters. The summed E-state index contributed by atoms with van der Waals surface area (Å²) < 4.78 is 4.68. The van der Waals surface area contributed by atoms with Crippen LogP contribution in [0.15, 0.2) is 41.1 Å². The lowest BCUT2D eigenvalue weighted by Crippen LogP contribution is -2.70. The highest BCUT2D eigenvalue weighted by molar-refractivity contribution is 8.00. The van der Waals surface area contributed by atoms with E-state index in [9.17, 15) is 14.4 Å². The first-order chi connectivity index (χ1) is 11.5. The van der Waals surface area contributed by atoms with Crippen LogP contribution in [0.25, 0.3) is 0 Å². The second-order valence-electron chi connectivity index (χ2n) is 5.36. The molecule has 0 aliphatic carbocycles. The minimum absolute atomic E-state index is 0.0708. The molecule has 1 fully saturated rings. The molecule has 2 aliphatic rings. The van der Waals surface area contributed by atoms with Crippen molar-refractivity contribution in [1.29, 1.82) is 0 Å². The number of nitrogens with zero attached hydrogens (tertiary/aromatic N) is 1. The molecule has 2 amide bonds. The largest absolute Gasteiger partial charge is 0.464 e. The van der Waals surface area contributed by atoms with Crippen LogP contribution in [0.5, 0.6) is 0 Å². The zero-order valence-corrected chi connectivity index (χ0v) is 14.4. The Hall–Kier alpha value is -1.99. The van der Waals surface area contributed by atoms with E-state index in [0.717, 1.165) is 5.56 Å². The lowest BCUT2D eigenvalue weighted by molar-refractivity contribution is -0.151. The van der Waals surface area contributed by atoms with Gasteiger partial charge in [0.2, 0.25) is 5.91 Å². The predicted molar refractivity (Wildman–Crippen MR) is 90.1 cm³/mol. The second-order valence-corrected chi connectivity index (χ2v) is 6.92. The molecule has 2 heterocycles. The molecule has 3 rings (SSSR count). The summed E-state index contributed by atoms with van der Waals surface area (Å²) in [5, 5.41) is 2.68. The van der Waals surface area contributed by atoms with Gasteiger partial charge in [0.15, 0.2) is 0 Å². The van der Waals surface area contributed by atoms with Crippen LogP contribution in [0.2, 0.25) is 0 Å². The monoisotopic (exact) mass is 366 g/mol. The average Bonchev–Trinajstić information content (AvgIpc) is 2.59. The third kappa shape index (κ3) is 3.01. The van der Waals surface area contributed by atoms with Gasteiger partial charge in [0.05, 0.1) is 18.6 Å². The molecule has 8 heteroatoms. The Bertz CT molecular complexity index is 722. The molecule has 2 atom stereocenters. The first kappa shape index (κ1) is 16.9. The Morgan fingerprint density at radius 3 is 2.75 bits per heavy atom. The van der Waals surface area contributed by atoms with Crippen LogP contribution in [-0.2, 0) is 25.5 Å². The van der Waals surface area contributed by atoms with Gasteiger partial charge in [-0.1, -0.05) is 41.9 Å². The van der Waals surface area contributed by atoms with E-state index in [1.807, 2.05) is 30.3 Å². The normalized spacial score (nSPS) is 22.6. The van der Waals surface area contributed by atoms with Gasteiger partial charge in [-0.25, -0.2) is 4.79 Å². The van der Waals surface area contributed by atoms with E-state index >= 15 is 0 Å². The van der Waals surface area contributed by atoms with E-state index in [4.69, 9.17) is 11.6 Å². The van der Waals surface area contributed by atoms with Crippen LogP contribution in [0.1, 0.15) is 5.56 Å². The highest BCUT2D eigenvalue weighted by Crippen LogP contribution is 2.41. The predicted octanol–water partition coefficient (Wildman–Crippen LogP) is 1.25. The molecule has 0 spiro atoms. The first-order valence-corrected chi connectivity index (χ1v) is 8.70. The van der Waals surface area contributed by atoms with Gasteiger partial charge in [-0.15, -0.1) is 11.8 Å². The van der Waals surface area contributed by atoms with E-state index in [2.05, 4.69) is 10.1 Å². The van der Waals surface area contributed by atoms with Crippen molar-refractivity contribution in [2.75, 3.05) is 12.9 Å². The molecule has 0 saturated carbocycles. The third-order valence-corrected chi connectivity index (χ3v) is 5.58. The Kier molecular flexibility index (Phi) is 4.82. The fourth-order valence-electron chi connectivity index (χ4n) is 2.67. The summed E-state index contributed by atoms with van der Waals surface area (Å²) in [4.78, 5) is 37.6. The summed E-state index contributed by atoms with van der Waals surface area (Å²) >= 11 is 7.46. The van der Waals surface area contributed by atoms with Crippen LogP contribution >= 0.6 is 23.4 Å². The van der Waals surface area contributed by atoms with Gasteiger partial charge in [0, 0.05) is 5.75 Å². The minimum atomic E-state index is -0.657. The summed E-state index contributed by atoms with van der Waals surface area (Å²) in [6, 6.07) is 8.62. The Balaban J connectivity index is 1.67. The molecule has 1 aromatic carbocycles. The number of fused-ring (bicyclic) bond motifs is 1. The van der Waals surface area contributed by atoms with Crippen molar-refractivity contribution in [2.24, 2.45) is 0 Å². The number of amides is 2. The maximum atomic E-state index is 12.4. The number of esters is 1. The number of carbonyl (C=O) groups excluding carboxylic acids is 3. The minimum Gasteiger partial charge on any atom is -0.464 e. The Morgan fingerprint density at radius 1 is 1.38 bits per heavy atom. The Morgan fingerprint density at radius 2 is 2.08 bits per heavy atom. The number of benzene rings is 1. The lowest BCUT2D eigenvalue weighted by Gasteiger charge is -2.49. The summed E-state index contributed by atoms with van der Waals surface area (Å²) in [5.74, 6) is -0.842. The van der Waals surface area contributed by atoms with Gasteiger partial charge in [-0.2, -0.15) is 0 Å². The number of halogens is 1. The fraction of sp³-hybridized carbons (Fsp3) is 0.312. The number of thioether (sulfide) groups is 1. The highest BCUT2D eigenvalue weighted by Gasteiger charge is 2.54. The number of carbonyl (C=O) groups is 3. The maximum Gasteiger partial charge on any atom is 0.356 e. The van der Waals surface area contributed by atoms with Gasteiger partial charge in [-0.05, 0) is 5.56 Å². The van der Waals surface area contributed by atoms with Crippen LogP contribution in [0.3, 0.4) is 0 Å². The van der Waals surface area contributed by atoms with Crippen LogP contribution in [-0.4, -0.2) is 47.0 Å². The molecule has 24 heavy (non-hydrogen) atoms. The van der Waals surface area contributed by atoms with Gasteiger partial charge in [0.25, 0.3) is 5.91 Å². The van der Waals surface area contributed by atoms with Crippen molar-refractivity contribution in [3.8, 4) is 0 Å². The van der Waals surface area contributed by atoms with Crippen molar-refractivity contribution >= 4 is 41.1 Å². The number of nitrogens with one attached hydrogen (secondary N) is 1. The highest BCUT2D eigenvalue weighted by atomic mass is 35.5. The summed E-state index contributed by atoms with van der Waals surface area (Å²) in [7, 11) is 1.24. The topological polar surface area (TPSA) is 75.7 Å². The molecule has 0 aromatic heterocycles. The van der Waals surface area contributed by atoms with Crippen molar-refractivity contribution in [1.82, 2.24) is 10.2 Å². The quantitative estimate of drug-likeness (QED) is 0.641. The average molecular weight is 367 g/mol. The zero-order chi connectivity index (χ0) is 17.3. The fourth-order valence-corrected chi connectivity index (χ4v) is 4.22. The first-order valence-electron chi connectivity index (χ1n) is 7.28. The van der Waals surface area contributed by atoms with Crippen molar-refractivity contribution in [3.05, 3.63) is 46.6 Å². The molecule has 0 bridgehead atoms. The molecular weight excluding hydrogens is 352 g/mol. The summed E-state index contributed by atoms with van der Waals surface area (Å²) in [5.41, 5.74) is 0.939. The molecule has 6 nitrogen and oxygen atoms in total. The standard InChI is InChI=1S/C16H15ClN2O4S/c1-23-16(22)13-10(17)8-24-15-12(14(21)19(13)15)18-11(20)7-9-5-3-2-4-6-9/h2-6,12,15H,7-8H2,1H3,(H,18,20). The van der Waals surface area contributed by atoms with Crippen molar-refractivity contribution in [2.45, 2.75) is 17.8 Å². The van der Waals surface area contributed by atoms with Gasteiger partial charge in [0.1, 0.15) is 17.1 Å². The molecule has 1 aromatic rings. The van der Waals surface area contributed by atoms with Gasteiger partial charge < -0.3 is 10.1 Å². The maximum absolute atomic E-state index is 12.4. The molecule has 126 valence electrons. The van der Waals surface area contributed by atoms with Gasteiger partial charge in [-0.3, -0.25) is 14.5 Å². The van der Waals surface area contributed by atoms with Crippen LogP contribution in [0, 0.1) is 0 Å². The second kappa shape index (κ2) is 6.86. The number of hydrogen-bond donors (Lipinski definition) is 1. The van der Waals surface area contributed by atoms with E-state index in [1.54, 1.807) is 0 Å². The molecular formula is C16H15ClN2O4S. The molecule has 0 radical (unpaired) electrons. The number of methoxy groups -OCH3 is 1. The number of hydrogen-bond acceptors (Lipinski definition) is 5. The van der Waals surface area contributed by atoms with E-state index in [-0.39, 0.29) is 34.3 Å². The lowest BCUT2D eigenvalue weighted by atomic mass is 10.0. The van der Waals surface area contributed by atoms with Crippen LogP contribution in [0.4, 0.5) is 0 Å². The van der Waals surface area contributed by atoms with Crippen molar-refractivity contribution < 1.29 is 19.1 Å². The van der Waals surface area contributed by atoms with E-state index in [1.165, 1.54) is 23.8 Å². The Labute approximate surface area is 148 Å². The van der Waals surface area contributed by atoms with Gasteiger partial charge >= 0.3 is 5.97 Å². The van der Waals surface area contributed by atoms with E-state index < -0.39 is 12.0 Å². The zero-order valence-electron chi connectivity index (χ0n) is 12.8. The molecule has 2 aliphatic heterocycles. The number of rotatable bonds is 4. The number of β-lactam (4-membered cyclic amide) rings is 1. The summed E-state index contributed by atoms with van der Waals surface area (Å²) in [6.07, 6.45) is 0.197. The molecule has 1 N–H and O–H groups in total. The number of ether oxygens (including phenoxy) is 1. The third-order valence-electron chi connectivity index (χ3n) is 3.82. The van der Waals surface area contributed by atoms with Crippen molar-refractivity contribution in [3.63, 3.8) is 0 Å².